The van der Waals surface area contributed by atoms with E-state index in [4.69, 9.17) is 4.99 Å². The summed E-state index contributed by atoms with van der Waals surface area (Å²) >= 11 is 0. The van der Waals surface area contributed by atoms with E-state index >= 15 is 0 Å². The monoisotopic (exact) mass is 521 g/mol. The number of hydrogen-bond donors (Lipinski definition) is 2. The minimum absolute atomic E-state index is 0. The molecule has 0 bridgehead atoms. The molecule has 1 atom stereocenters. The van der Waals surface area contributed by atoms with Crippen LogP contribution in [0, 0.1) is 0 Å². The number of aliphatic imine (C=N–C) groups is 1. The molecule has 1 aromatic heterocycles. The standard InChI is InChI=1S/C24H35N5.HI/c1-3-25-24(27-16-14-23-9-4-6-15-26-23)28-18-21-10-12-22(13-11-21)19-29-17-7-5-8-20(29)2;/h4,6,9-13,15,20H,3,5,7-8,14,16-19H2,1-2H3,(H2,25,27,28);1H. The zero-order valence-corrected chi connectivity index (χ0v) is 20.6. The topological polar surface area (TPSA) is 52.6 Å². The maximum Gasteiger partial charge on any atom is 0.191 e. The van der Waals surface area contributed by atoms with Crippen molar-refractivity contribution in [2.24, 2.45) is 4.99 Å². The van der Waals surface area contributed by atoms with Crippen LogP contribution in [0.5, 0.6) is 0 Å². The Kier molecular flexibility index (Phi) is 11.1. The number of nitrogens with zero attached hydrogens (tertiary/aromatic N) is 3. The SMILES string of the molecule is CCNC(=NCc1ccc(CN2CCCCC2C)cc1)NCCc1ccccn1.I. The Morgan fingerprint density at radius 1 is 1.10 bits per heavy atom. The van der Waals surface area contributed by atoms with E-state index in [2.05, 4.69) is 64.7 Å². The van der Waals surface area contributed by atoms with Crippen LogP contribution in [0.15, 0.2) is 53.7 Å². The highest BCUT2D eigenvalue weighted by Gasteiger charge is 2.17. The first kappa shape index (κ1) is 24.6. The van der Waals surface area contributed by atoms with Crippen molar-refractivity contribution in [3.8, 4) is 0 Å². The summed E-state index contributed by atoms with van der Waals surface area (Å²) in [6.45, 7) is 9.07. The van der Waals surface area contributed by atoms with Gasteiger partial charge >= 0.3 is 0 Å². The molecule has 6 heteroatoms. The molecule has 30 heavy (non-hydrogen) atoms. The van der Waals surface area contributed by atoms with Gasteiger partial charge in [0.15, 0.2) is 5.96 Å². The van der Waals surface area contributed by atoms with Crippen molar-refractivity contribution in [2.45, 2.75) is 58.7 Å². The van der Waals surface area contributed by atoms with Gasteiger partial charge in [-0.2, -0.15) is 0 Å². The average Bonchev–Trinajstić information content (AvgIpc) is 2.75. The van der Waals surface area contributed by atoms with Crippen LogP contribution < -0.4 is 10.6 Å². The first-order valence-electron chi connectivity index (χ1n) is 11.0. The molecule has 5 nitrogen and oxygen atoms in total. The number of pyridine rings is 1. The molecule has 1 saturated heterocycles. The summed E-state index contributed by atoms with van der Waals surface area (Å²) in [4.78, 5) is 11.7. The number of halogens is 1. The van der Waals surface area contributed by atoms with E-state index < -0.39 is 0 Å². The maximum absolute atomic E-state index is 4.74. The van der Waals surface area contributed by atoms with Gasteiger partial charge in [-0.25, -0.2) is 4.99 Å². The van der Waals surface area contributed by atoms with Gasteiger partial charge in [-0.3, -0.25) is 9.88 Å². The predicted molar refractivity (Wildman–Crippen MR) is 136 cm³/mol. The molecule has 1 aliphatic heterocycles. The molecule has 0 radical (unpaired) electrons. The van der Waals surface area contributed by atoms with Crippen molar-refractivity contribution in [1.29, 1.82) is 0 Å². The molecule has 0 amide bonds. The smallest absolute Gasteiger partial charge is 0.191 e. The third kappa shape index (κ3) is 8.22. The summed E-state index contributed by atoms with van der Waals surface area (Å²) in [5, 5.41) is 6.72. The van der Waals surface area contributed by atoms with Gasteiger partial charge in [0.05, 0.1) is 6.54 Å². The fourth-order valence-corrected chi connectivity index (χ4v) is 3.74. The van der Waals surface area contributed by atoms with Crippen molar-refractivity contribution in [3.63, 3.8) is 0 Å². The molecule has 1 unspecified atom stereocenters. The summed E-state index contributed by atoms with van der Waals surface area (Å²) in [5.41, 5.74) is 3.73. The Morgan fingerprint density at radius 2 is 1.90 bits per heavy atom. The molecule has 1 aromatic carbocycles. The first-order valence-corrected chi connectivity index (χ1v) is 11.0. The van der Waals surface area contributed by atoms with Crippen LogP contribution in [0.25, 0.3) is 0 Å². The second kappa shape index (κ2) is 13.6. The third-order valence-electron chi connectivity index (χ3n) is 5.51. The van der Waals surface area contributed by atoms with E-state index in [1.165, 1.54) is 36.9 Å². The van der Waals surface area contributed by atoms with E-state index in [0.717, 1.165) is 37.7 Å². The lowest BCUT2D eigenvalue weighted by Gasteiger charge is -2.33. The zero-order chi connectivity index (χ0) is 20.3. The highest BCUT2D eigenvalue weighted by atomic mass is 127. The third-order valence-corrected chi connectivity index (χ3v) is 5.51. The van der Waals surface area contributed by atoms with Crippen LogP contribution >= 0.6 is 24.0 Å². The Hall–Kier alpha value is -1.67. The van der Waals surface area contributed by atoms with Crippen molar-refractivity contribution < 1.29 is 0 Å². The minimum atomic E-state index is 0. The molecule has 2 heterocycles. The quantitative estimate of drug-likeness (QED) is 0.308. The normalized spacial score (nSPS) is 17.3. The lowest BCUT2D eigenvalue weighted by Crippen LogP contribution is -2.38. The molecule has 1 fully saturated rings. The average molecular weight is 521 g/mol. The van der Waals surface area contributed by atoms with Gasteiger partial charge in [0.25, 0.3) is 0 Å². The number of piperidine rings is 1. The van der Waals surface area contributed by atoms with Gasteiger partial charge in [0.2, 0.25) is 0 Å². The molecular formula is C24H36IN5. The summed E-state index contributed by atoms with van der Waals surface area (Å²) in [5.74, 6) is 0.856. The van der Waals surface area contributed by atoms with Crippen molar-refractivity contribution >= 4 is 29.9 Å². The van der Waals surface area contributed by atoms with Gasteiger partial charge in [-0.05, 0) is 56.5 Å². The van der Waals surface area contributed by atoms with E-state index in [0.29, 0.717) is 12.6 Å². The highest BCUT2D eigenvalue weighted by Crippen LogP contribution is 2.19. The lowest BCUT2D eigenvalue weighted by molar-refractivity contribution is 0.152. The van der Waals surface area contributed by atoms with E-state index in [9.17, 15) is 0 Å². The number of rotatable bonds is 8. The fourth-order valence-electron chi connectivity index (χ4n) is 3.74. The fraction of sp³-hybridized carbons (Fsp3) is 0.500. The summed E-state index contributed by atoms with van der Waals surface area (Å²) < 4.78 is 0. The van der Waals surface area contributed by atoms with E-state index in [-0.39, 0.29) is 24.0 Å². The van der Waals surface area contributed by atoms with Crippen LogP contribution in [0.4, 0.5) is 0 Å². The summed E-state index contributed by atoms with van der Waals surface area (Å²) in [6.07, 6.45) is 6.75. The van der Waals surface area contributed by atoms with Gasteiger partial charge in [-0.1, -0.05) is 36.8 Å². The Balaban J connectivity index is 0.00000320. The number of aromatic nitrogens is 1. The Bertz CT molecular complexity index is 748. The van der Waals surface area contributed by atoms with Crippen molar-refractivity contribution in [3.05, 3.63) is 65.5 Å². The molecular weight excluding hydrogens is 485 g/mol. The molecule has 0 saturated carbocycles. The molecule has 164 valence electrons. The number of benzene rings is 1. The molecule has 2 N–H and O–H groups in total. The molecule has 3 rings (SSSR count). The number of guanidine groups is 1. The second-order valence-electron chi connectivity index (χ2n) is 7.82. The zero-order valence-electron chi connectivity index (χ0n) is 18.3. The van der Waals surface area contributed by atoms with Gasteiger partial charge in [-0.15, -0.1) is 24.0 Å². The van der Waals surface area contributed by atoms with Crippen molar-refractivity contribution in [1.82, 2.24) is 20.5 Å². The molecule has 0 aliphatic carbocycles. The van der Waals surface area contributed by atoms with Gasteiger partial charge in [0, 0.05) is 44.0 Å². The molecule has 0 spiro atoms. The molecule has 1 aliphatic rings. The lowest BCUT2D eigenvalue weighted by atomic mass is 10.0. The van der Waals surface area contributed by atoms with Crippen molar-refractivity contribution in [2.75, 3.05) is 19.6 Å². The van der Waals surface area contributed by atoms with E-state index in [1.807, 2.05) is 18.3 Å². The van der Waals surface area contributed by atoms with Crippen LogP contribution in [0.3, 0.4) is 0 Å². The van der Waals surface area contributed by atoms with Crippen LogP contribution in [0.1, 0.15) is 49.9 Å². The number of hydrogen-bond acceptors (Lipinski definition) is 3. The van der Waals surface area contributed by atoms with Gasteiger partial charge in [0.1, 0.15) is 0 Å². The predicted octanol–water partition coefficient (Wildman–Crippen LogP) is 4.37. The Labute approximate surface area is 198 Å². The number of likely N-dealkylation sites (tertiary alicyclic amines) is 1. The summed E-state index contributed by atoms with van der Waals surface area (Å²) in [7, 11) is 0. The number of nitrogens with one attached hydrogen (secondary N) is 2. The second-order valence-corrected chi connectivity index (χ2v) is 7.82. The van der Waals surface area contributed by atoms with Crippen LogP contribution in [0.2, 0.25) is 0 Å². The molecule has 2 aromatic rings. The highest BCUT2D eigenvalue weighted by molar-refractivity contribution is 14.0. The first-order chi connectivity index (χ1) is 14.2. The maximum atomic E-state index is 4.74. The Morgan fingerprint density at radius 3 is 2.60 bits per heavy atom. The minimum Gasteiger partial charge on any atom is -0.357 e. The van der Waals surface area contributed by atoms with E-state index in [1.54, 1.807) is 0 Å². The van der Waals surface area contributed by atoms with Gasteiger partial charge < -0.3 is 10.6 Å². The van der Waals surface area contributed by atoms with Crippen LogP contribution in [-0.2, 0) is 19.5 Å². The largest absolute Gasteiger partial charge is 0.357 e. The summed E-state index contributed by atoms with van der Waals surface area (Å²) in [6, 6.07) is 15.7. The van der Waals surface area contributed by atoms with Crippen LogP contribution in [-0.4, -0.2) is 41.5 Å².